The van der Waals surface area contributed by atoms with E-state index in [1.54, 1.807) is 25.3 Å². The Bertz CT molecular complexity index is 430. The van der Waals surface area contributed by atoms with Gasteiger partial charge in [0.1, 0.15) is 5.75 Å². The molecule has 4 heteroatoms. The van der Waals surface area contributed by atoms with Gasteiger partial charge in [0.15, 0.2) is 0 Å². The summed E-state index contributed by atoms with van der Waals surface area (Å²) in [6.07, 6.45) is 4.46. The molecule has 1 aromatic rings. The Labute approximate surface area is 125 Å². The first-order valence-electron chi connectivity index (χ1n) is 7.30. The van der Waals surface area contributed by atoms with Crippen LogP contribution in [0.1, 0.15) is 37.7 Å². The molecule has 112 valence electrons. The minimum atomic E-state index is -0.773. The van der Waals surface area contributed by atoms with Crippen LogP contribution in [-0.2, 0) is 6.42 Å². The highest BCUT2D eigenvalue weighted by atomic mass is 35.5. The van der Waals surface area contributed by atoms with E-state index in [0.717, 1.165) is 31.2 Å². The Hall–Kier alpha value is -0.770. The van der Waals surface area contributed by atoms with E-state index in [0.29, 0.717) is 17.2 Å². The van der Waals surface area contributed by atoms with Gasteiger partial charge in [-0.2, -0.15) is 0 Å². The fourth-order valence-electron chi connectivity index (χ4n) is 3.04. The summed E-state index contributed by atoms with van der Waals surface area (Å²) in [6, 6.07) is 5.34. The number of methoxy groups -OCH3 is 1. The highest BCUT2D eigenvalue weighted by Crippen LogP contribution is 2.30. The molecule has 2 rings (SSSR count). The van der Waals surface area contributed by atoms with Crippen molar-refractivity contribution in [2.24, 2.45) is 5.92 Å². The second kappa shape index (κ2) is 7.30. The third-order valence-corrected chi connectivity index (χ3v) is 4.43. The van der Waals surface area contributed by atoms with Crippen LogP contribution in [0.4, 0.5) is 0 Å². The Kier molecular flexibility index (Phi) is 5.70. The van der Waals surface area contributed by atoms with Crippen molar-refractivity contribution >= 4 is 11.6 Å². The average Bonchev–Trinajstić information content (AvgIpc) is 2.47. The standard InChI is InChI=1S/C16H23ClO3/c1-20-15-8-7-13(17)9-12(15)10-14(18)16(19)11-5-3-2-4-6-11/h7-9,11,14,16,18-19H,2-6,10H2,1H3. The molecule has 1 fully saturated rings. The molecule has 0 bridgehead atoms. The monoisotopic (exact) mass is 298 g/mol. The van der Waals surface area contributed by atoms with Gasteiger partial charge in [-0.25, -0.2) is 0 Å². The van der Waals surface area contributed by atoms with E-state index in [2.05, 4.69) is 0 Å². The number of hydrogen-bond acceptors (Lipinski definition) is 3. The molecule has 1 saturated carbocycles. The highest BCUT2D eigenvalue weighted by Gasteiger charge is 2.28. The number of benzene rings is 1. The summed E-state index contributed by atoms with van der Waals surface area (Å²) >= 11 is 5.99. The summed E-state index contributed by atoms with van der Waals surface area (Å²) < 4.78 is 5.28. The third-order valence-electron chi connectivity index (χ3n) is 4.20. The van der Waals surface area contributed by atoms with Gasteiger partial charge in [0.25, 0.3) is 0 Å². The molecule has 1 aliphatic carbocycles. The zero-order valence-electron chi connectivity index (χ0n) is 11.9. The Morgan fingerprint density at radius 3 is 2.60 bits per heavy atom. The maximum atomic E-state index is 10.3. The first-order valence-corrected chi connectivity index (χ1v) is 7.68. The van der Waals surface area contributed by atoms with Crippen LogP contribution >= 0.6 is 11.6 Å². The molecule has 3 nitrogen and oxygen atoms in total. The predicted molar refractivity (Wildman–Crippen MR) is 80.3 cm³/mol. The van der Waals surface area contributed by atoms with Crippen LogP contribution in [-0.4, -0.2) is 29.5 Å². The van der Waals surface area contributed by atoms with E-state index >= 15 is 0 Å². The lowest BCUT2D eigenvalue weighted by atomic mass is 9.82. The average molecular weight is 299 g/mol. The van der Waals surface area contributed by atoms with Gasteiger partial charge in [-0.15, -0.1) is 0 Å². The summed E-state index contributed by atoms with van der Waals surface area (Å²) in [4.78, 5) is 0. The fraction of sp³-hybridized carbons (Fsp3) is 0.625. The molecule has 0 spiro atoms. The summed E-state index contributed by atoms with van der Waals surface area (Å²) in [6.45, 7) is 0. The van der Waals surface area contributed by atoms with E-state index in [9.17, 15) is 10.2 Å². The molecule has 0 amide bonds. The predicted octanol–water partition coefficient (Wildman–Crippen LogP) is 3.19. The van der Waals surface area contributed by atoms with Crippen LogP contribution in [0.25, 0.3) is 0 Å². The van der Waals surface area contributed by atoms with Gasteiger partial charge in [0.05, 0.1) is 19.3 Å². The molecular formula is C16H23ClO3. The first kappa shape index (κ1) is 15.6. The summed E-state index contributed by atoms with van der Waals surface area (Å²) in [5.74, 6) is 0.910. The molecule has 2 atom stereocenters. The minimum absolute atomic E-state index is 0.212. The Morgan fingerprint density at radius 1 is 1.25 bits per heavy atom. The number of ether oxygens (including phenoxy) is 1. The number of rotatable bonds is 5. The topological polar surface area (TPSA) is 49.7 Å². The molecular weight excluding hydrogens is 276 g/mol. The molecule has 0 radical (unpaired) electrons. The molecule has 2 unspecified atom stereocenters. The van der Waals surface area contributed by atoms with Gasteiger partial charge in [-0.1, -0.05) is 30.9 Å². The maximum absolute atomic E-state index is 10.3. The lowest BCUT2D eigenvalue weighted by Gasteiger charge is -2.30. The second-order valence-electron chi connectivity index (χ2n) is 5.62. The number of aliphatic hydroxyl groups excluding tert-OH is 2. The Balaban J connectivity index is 2.02. The zero-order chi connectivity index (χ0) is 14.5. The van der Waals surface area contributed by atoms with Crippen molar-refractivity contribution in [2.45, 2.75) is 50.7 Å². The van der Waals surface area contributed by atoms with Crippen LogP contribution in [0.3, 0.4) is 0 Å². The molecule has 0 aromatic heterocycles. The van der Waals surface area contributed by atoms with Crippen LogP contribution in [0.5, 0.6) is 5.75 Å². The van der Waals surface area contributed by atoms with E-state index in [1.165, 1.54) is 6.42 Å². The molecule has 1 aromatic carbocycles. The van der Waals surface area contributed by atoms with Crippen molar-refractivity contribution in [2.75, 3.05) is 7.11 Å². The summed E-state index contributed by atoms with van der Waals surface area (Å²) in [5, 5.41) is 21.2. The van der Waals surface area contributed by atoms with Crippen LogP contribution in [0, 0.1) is 5.92 Å². The van der Waals surface area contributed by atoms with Gasteiger partial charge < -0.3 is 14.9 Å². The van der Waals surface area contributed by atoms with Crippen molar-refractivity contribution in [3.63, 3.8) is 0 Å². The van der Waals surface area contributed by atoms with Gasteiger partial charge in [-0.05, 0) is 42.5 Å². The van der Waals surface area contributed by atoms with Gasteiger partial charge in [0, 0.05) is 11.4 Å². The SMILES string of the molecule is COc1ccc(Cl)cc1CC(O)C(O)C1CCCCC1. The molecule has 20 heavy (non-hydrogen) atoms. The number of hydrogen-bond donors (Lipinski definition) is 2. The van der Waals surface area contributed by atoms with E-state index in [1.807, 2.05) is 0 Å². The van der Waals surface area contributed by atoms with Crippen molar-refractivity contribution in [1.29, 1.82) is 0 Å². The first-order chi connectivity index (χ1) is 9.61. The second-order valence-corrected chi connectivity index (χ2v) is 6.05. The van der Waals surface area contributed by atoms with Gasteiger partial charge >= 0.3 is 0 Å². The number of aliphatic hydroxyl groups is 2. The minimum Gasteiger partial charge on any atom is -0.496 e. The van der Waals surface area contributed by atoms with Crippen molar-refractivity contribution in [3.05, 3.63) is 28.8 Å². The lowest BCUT2D eigenvalue weighted by molar-refractivity contribution is -0.0265. The lowest BCUT2D eigenvalue weighted by Crippen LogP contribution is -2.36. The van der Waals surface area contributed by atoms with Crippen LogP contribution < -0.4 is 4.74 Å². The molecule has 0 heterocycles. The molecule has 0 aliphatic heterocycles. The Morgan fingerprint density at radius 2 is 1.95 bits per heavy atom. The van der Waals surface area contributed by atoms with Crippen molar-refractivity contribution in [3.8, 4) is 5.75 Å². The smallest absolute Gasteiger partial charge is 0.122 e. The van der Waals surface area contributed by atoms with Gasteiger partial charge in [0.2, 0.25) is 0 Å². The number of halogens is 1. The van der Waals surface area contributed by atoms with Crippen molar-refractivity contribution in [1.82, 2.24) is 0 Å². The molecule has 1 aliphatic rings. The third kappa shape index (κ3) is 3.87. The van der Waals surface area contributed by atoms with Gasteiger partial charge in [-0.3, -0.25) is 0 Å². The fourth-order valence-corrected chi connectivity index (χ4v) is 3.24. The van der Waals surface area contributed by atoms with E-state index < -0.39 is 12.2 Å². The van der Waals surface area contributed by atoms with Crippen LogP contribution in [0.15, 0.2) is 18.2 Å². The highest BCUT2D eigenvalue weighted by molar-refractivity contribution is 6.30. The molecule has 2 N–H and O–H groups in total. The van der Waals surface area contributed by atoms with E-state index in [-0.39, 0.29) is 5.92 Å². The largest absolute Gasteiger partial charge is 0.496 e. The normalized spacial score (nSPS) is 19.6. The van der Waals surface area contributed by atoms with E-state index in [4.69, 9.17) is 16.3 Å². The summed E-state index contributed by atoms with van der Waals surface area (Å²) in [7, 11) is 1.59. The summed E-state index contributed by atoms with van der Waals surface area (Å²) in [5.41, 5.74) is 0.836. The zero-order valence-corrected chi connectivity index (χ0v) is 12.6. The van der Waals surface area contributed by atoms with Crippen LogP contribution in [0.2, 0.25) is 5.02 Å². The van der Waals surface area contributed by atoms with Crippen molar-refractivity contribution < 1.29 is 14.9 Å². The molecule has 0 saturated heterocycles. The quantitative estimate of drug-likeness (QED) is 0.878. The maximum Gasteiger partial charge on any atom is 0.122 e.